The minimum Gasteiger partial charge on any atom is -0.270 e. The lowest BCUT2D eigenvalue weighted by Gasteiger charge is -2.36. The minimum absolute atomic E-state index is 0.0391. The molecule has 0 N–H and O–H groups in total. The molecular weight excluding hydrogens is 286 g/mol. The molecule has 0 atom stereocenters. The molecule has 108 valence electrons. The molecular formula is C12H20ClN3O2S. The second kappa shape index (κ2) is 5.42. The molecule has 0 saturated carbocycles. The lowest BCUT2D eigenvalue weighted by Crippen LogP contribution is -2.43. The van der Waals surface area contributed by atoms with Gasteiger partial charge in [0.05, 0.1) is 12.7 Å². The quantitative estimate of drug-likeness (QED) is 0.799. The zero-order valence-corrected chi connectivity index (χ0v) is 12.9. The molecule has 5 nitrogen and oxygen atoms in total. The Balaban J connectivity index is 2.21. The van der Waals surface area contributed by atoms with Crippen LogP contribution in [0.2, 0.25) is 0 Å². The van der Waals surface area contributed by atoms with Crippen LogP contribution in [0, 0.1) is 5.41 Å². The van der Waals surface area contributed by atoms with Gasteiger partial charge >= 0.3 is 0 Å². The first-order chi connectivity index (χ1) is 8.85. The molecule has 2 rings (SSSR count). The van der Waals surface area contributed by atoms with Crippen LogP contribution >= 0.6 is 11.6 Å². The SMILES string of the molecule is CC1(C)CCCN(S(=O)(=O)c2cnn(CCCl)c2)C1. The normalized spacial score (nSPS) is 20.6. The third-order valence-corrected chi connectivity index (χ3v) is 5.39. The zero-order chi connectivity index (χ0) is 14.1. The molecule has 1 saturated heterocycles. The number of aromatic nitrogens is 2. The van der Waals surface area contributed by atoms with Crippen molar-refractivity contribution >= 4 is 21.6 Å². The van der Waals surface area contributed by atoms with Crippen LogP contribution in [0.15, 0.2) is 17.3 Å². The van der Waals surface area contributed by atoms with Crippen molar-refractivity contribution in [1.82, 2.24) is 14.1 Å². The smallest absolute Gasteiger partial charge is 0.246 e. The van der Waals surface area contributed by atoms with Gasteiger partial charge in [0.1, 0.15) is 4.90 Å². The number of hydrogen-bond donors (Lipinski definition) is 0. The highest BCUT2D eigenvalue weighted by Gasteiger charge is 2.34. The summed E-state index contributed by atoms with van der Waals surface area (Å²) in [5.74, 6) is 0.415. The van der Waals surface area contributed by atoms with E-state index in [1.807, 2.05) is 0 Å². The summed E-state index contributed by atoms with van der Waals surface area (Å²) >= 11 is 5.62. The fourth-order valence-corrected chi connectivity index (χ4v) is 4.21. The first kappa shape index (κ1) is 14.8. The van der Waals surface area contributed by atoms with Crippen molar-refractivity contribution in [2.75, 3.05) is 19.0 Å². The molecule has 1 aromatic rings. The van der Waals surface area contributed by atoms with Gasteiger partial charge in [-0.3, -0.25) is 4.68 Å². The van der Waals surface area contributed by atoms with Crippen LogP contribution in [0.4, 0.5) is 0 Å². The molecule has 0 aromatic carbocycles. The third-order valence-electron chi connectivity index (χ3n) is 3.43. The van der Waals surface area contributed by atoms with Crippen LogP contribution in [0.1, 0.15) is 26.7 Å². The Morgan fingerprint density at radius 2 is 2.21 bits per heavy atom. The summed E-state index contributed by atoms with van der Waals surface area (Å²) in [6, 6.07) is 0. The Bertz CT molecular complexity index is 539. The summed E-state index contributed by atoms with van der Waals surface area (Å²) in [7, 11) is -3.42. The maximum absolute atomic E-state index is 12.5. The Morgan fingerprint density at radius 1 is 1.47 bits per heavy atom. The van der Waals surface area contributed by atoms with E-state index in [9.17, 15) is 8.42 Å². The van der Waals surface area contributed by atoms with Crippen LogP contribution in [-0.4, -0.2) is 41.5 Å². The van der Waals surface area contributed by atoms with Crippen molar-refractivity contribution in [1.29, 1.82) is 0 Å². The predicted molar refractivity (Wildman–Crippen MR) is 74.7 cm³/mol. The number of rotatable bonds is 4. The van der Waals surface area contributed by atoms with Gasteiger partial charge < -0.3 is 0 Å². The monoisotopic (exact) mass is 305 g/mol. The maximum Gasteiger partial charge on any atom is 0.246 e. The van der Waals surface area contributed by atoms with Crippen LogP contribution in [0.3, 0.4) is 0 Å². The molecule has 7 heteroatoms. The lowest BCUT2D eigenvalue weighted by atomic mass is 9.85. The van der Waals surface area contributed by atoms with Gasteiger partial charge in [0.2, 0.25) is 10.0 Å². The Hall–Kier alpha value is -0.590. The number of halogens is 1. The van der Waals surface area contributed by atoms with Crippen LogP contribution in [0.5, 0.6) is 0 Å². The highest BCUT2D eigenvalue weighted by Crippen LogP contribution is 2.31. The van der Waals surface area contributed by atoms with Crippen LogP contribution in [0.25, 0.3) is 0 Å². The Morgan fingerprint density at radius 3 is 2.84 bits per heavy atom. The fraction of sp³-hybridized carbons (Fsp3) is 0.750. The van der Waals surface area contributed by atoms with Gasteiger partial charge in [-0.25, -0.2) is 8.42 Å². The first-order valence-electron chi connectivity index (χ1n) is 6.44. The van der Waals surface area contributed by atoms with Crippen LogP contribution in [-0.2, 0) is 16.6 Å². The van der Waals surface area contributed by atoms with Crippen molar-refractivity contribution in [2.45, 2.75) is 38.1 Å². The summed E-state index contributed by atoms with van der Waals surface area (Å²) < 4.78 is 28.2. The van der Waals surface area contributed by atoms with E-state index in [0.29, 0.717) is 25.5 Å². The molecule has 0 aliphatic carbocycles. The fourth-order valence-electron chi connectivity index (χ4n) is 2.41. The average Bonchev–Trinajstić information content (AvgIpc) is 2.77. The number of nitrogens with zero attached hydrogens (tertiary/aromatic N) is 3. The van der Waals surface area contributed by atoms with E-state index in [0.717, 1.165) is 12.8 Å². The molecule has 1 aliphatic heterocycles. The molecule has 0 amide bonds. The molecule has 1 fully saturated rings. The van der Waals surface area contributed by atoms with Gasteiger partial charge in [0.15, 0.2) is 0 Å². The molecule has 0 bridgehead atoms. The molecule has 2 heterocycles. The highest BCUT2D eigenvalue weighted by atomic mass is 35.5. The number of piperidine rings is 1. The van der Waals surface area contributed by atoms with Crippen molar-refractivity contribution in [3.8, 4) is 0 Å². The summed E-state index contributed by atoms with van der Waals surface area (Å²) in [4.78, 5) is 0.260. The van der Waals surface area contributed by atoms with Crippen molar-refractivity contribution < 1.29 is 8.42 Å². The second-order valence-corrected chi connectivity index (χ2v) is 8.05. The Kier molecular flexibility index (Phi) is 4.23. The maximum atomic E-state index is 12.5. The standard InChI is InChI=1S/C12H20ClN3O2S/c1-12(2)4-3-6-16(10-12)19(17,18)11-8-14-15(9-11)7-5-13/h8-9H,3-7,10H2,1-2H3. The third kappa shape index (κ3) is 3.30. The number of hydrogen-bond acceptors (Lipinski definition) is 3. The van der Waals surface area contributed by atoms with Crippen molar-refractivity contribution in [3.05, 3.63) is 12.4 Å². The lowest BCUT2D eigenvalue weighted by molar-refractivity contribution is 0.187. The summed E-state index contributed by atoms with van der Waals surface area (Å²) in [6.45, 7) is 5.88. The zero-order valence-electron chi connectivity index (χ0n) is 11.3. The molecule has 0 spiro atoms. The van der Waals surface area contributed by atoms with Crippen molar-refractivity contribution in [3.63, 3.8) is 0 Å². The van der Waals surface area contributed by atoms with E-state index in [4.69, 9.17) is 11.6 Å². The van der Waals surface area contributed by atoms with Gasteiger partial charge in [0.25, 0.3) is 0 Å². The molecule has 0 radical (unpaired) electrons. The number of alkyl halides is 1. The minimum atomic E-state index is -3.42. The highest BCUT2D eigenvalue weighted by molar-refractivity contribution is 7.89. The Labute approximate surface area is 119 Å². The predicted octanol–water partition coefficient (Wildman–Crippen LogP) is 1.93. The molecule has 1 aromatic heterocycles. The van der Waals surface area contributed by atoms with Gasteiger partial charge in [-0.05, 0) is 18.3 Å². The number of aryl methyl sites for hydroxylation is 1. The topological polar surface area (TPSA) is 55.2 Å². The first-order valence-corrected chi connectivity index (χ1v) is 8.41. The molecule has 0 unspecified atom stereocenters. The number of sulfonamides is 1. The average molecular weight is 306 g/mol. The van der Waals surface area contributed by atoms with Gasteiger partial charge in [0, 0.05) is 25.2 Å². The summed E-state index contributed by atoms with van der Waals surface area (Å²) in [6.07, 6.45) is 4.93. The van der Waals surface area contributed by atoms with Crippen LogP contribution < -0.4 is 0 Å². The molecule has 1 aliphatic rings. The molecule has 19 heavy (non-hydrogen) atoms. The van der Waals surface area contributed by atoms with E-state index in [1.54, 1.807) is 15.2 Å². The van der Waals surface area contributed by atoms with E-state index >= 15 is 0 Å². The van der Waals surface area contributed by atoms with Gasteiger partial charge in [-0.1, -0.05) is 13.8 Å². The van der Waals surface area contributed by atoms with E-state index in [-0.39, 0.29) is 10.3 Å². The summed E-state index contributed by atoms with van der Waals surface area (Å²) in [5, 5.41) is 4.03. The van der Waals surface area contributed by atoms with Crippen molar-refractivity contribution in [2.24, 2.45) is 5.41 Å². The second-order valence-electron chi connectivity index (χ2n) is 5.73. The van der Waals surface area contributed by atoms with E-state index in [2.05, 4.69) is 18.9 Å². The summed E-state index contributed by atoms with van der Waals surface area (Å²) in [5.41, 5.74) is 0.0391. The van der Waals surface area contributed by atoms with Gasteiger partial charge in [-0.15, -0.1) is 11.6 Å². The van der Waals surface area contributed by atoms with E-state index in [1.165, 1.54) is 6.20 Å². The van der Waals surface area contributed by atoms with E-state index < -0.39 is 10.0 Å². The van der Waals surface area contributed by atoms with Gasteiger partial charge in [-0.2, -0.15) is 9.40 Å². The largest absolute Gasteiger partial charge is 0.270 e.